The Morgan fingerprint density at radius 3 is 2.71 bits per heavy atom. The summed E-state index contributed by atoms with van der Waals surface area (Å²) >= 11 is 0. The van der Waals surface area contributed by atoms with Crippen LogP contribution >= 0.6 is 0 Å². The molecule has 0 unspecified atom stereocenters. The Balaban J connectivity index is 3.79. The van der Waals surface area contributed by atoms with Gasteiger partial charge in [-0.25, -0.2) is 0 Å². The average molecular weight is 237 g/mol. The van der Waals surface area contributed by atoms with Crippen molar-refractivity contribution in [1.82, 2.24) is 0 Å². The van der Waals surface area contributed by atoms with E-state index in [9.17, 15) is 4.79 Å². The van der Waals surface area contributed by atoms with Crippen LogP contribution in [0.3, 0.4) is 0 Å². The Labute approximate surface area is 102 Å². The molecule has 0 aliphatic heterocycles. The fourth-order valence-electron chi connectivity index (χ4n) is 0.932. The van der Waals surface area contributed by atoms with Crippen LogP contribution in [0.2, 0.25) is 0 Å². The van der Waals surface area contributed by atoms with Crippen molar-refractivity contribution in [3.05, 3.63) is 36.5 Å². The second-order valence-electron chi connectivity index (χ2n) is 3.25. The lowest BCUT2D eigenvalue weighted by atomic mass is 10.2. The Hall–Kier alpha value is -2.04. The number of nitrogens with two attached hydrogens (primary N) is 2. The van der Waals surface area contributed by atoms with Crippen LogP contribution in [-0.2, 0) is 9.53 Å². The summed E-state index contributed by atoms with van der Waals surface area (Å²) < 4.78 is 4.90. The van der Waals surface area contributed by atoms with Crippen molar-refractivity contribution >= 4 is 11.9 Å². The number of ether oxygens (including phenoxy) is 1. The van der Waals surface area contributed by atoms with Gasteiger partial charge in [-0.05, 0) is 12.5 Å². The highest BCUT2D eigenvalue weighted by Crippen LogP contribution is 2.02. The highest BCUT2D eigenvalue weighted by atomic mass is 16.5. The summed E-state index contributed by atoms with van der Waals surface area (Å²) in [6.07, 6.45) is 7.48. The number of esters is 1. The van der Waals surface area contributed by atoms with Gasteiger partial charge in [0.15, 0.2) is 5.96 Å². The summed E-state index contributed by atoms with van der Waals surface area (Å²) in [5, 5.41) is 0. The Kier molecular flexibility index (Phi) is 8.10. The van der Waals surface area contributed by atoms with E-state index in [1.807, 2.05) is 25.2 Å². The standard InChI is InChI=1S/C12H19N3O2/c1-3-4-5-6-10(2)9-11(16)17-8-7-15-12(13)14/h3-6H,2,7-9H2,1H3,(H4,13,14,15)/b4-3-,6-5-. The minimum atomic E-state index is -0.342. The monoisotopic (exact) mass is 237 g/mol. The Morgan fingerprint density at radius 2 is 2.12 bits per heavy atom. The molecule has 17 heavy (non-hydrogen) atoms. The van der Waals surface area contributed by atoms with E-state index in [-0.39, 0.29) is 31.5 Å². The summed E-state index contributed by atoms with van der Waals surface area (Å²) in [5.74, 6) is -0.356. The van der Waals surface area contributed by atoms with Gasteiger partial charge in [-0.3, -0.25) is 9.79 Å². The number of carbonyl (C=O) groups excluding carboxylic acids is 1. The minimum absolute atomic E-state index is 0.0141. The minimum Gasteiger partial charge on any atom is -0.463 e. The van der Waals surface area contributed by atoms with Gasteiger partial charge in [0.05, 0.1) is 13.0 Å². The van der Waals surface area contributed by atoms with E-state index in [1.165, 1.54) is 0 Å². The van der Waals surface area contributed by atoms with Crippen LogP contribution in [0.5, 0.6) is 0 Å². The zero-order chi connectivity index (χ0) is 13.1. The fraction of sp³-hybridized carbons (Fsp3) is 0.333. The summed E-state index contributed by atoms with van der Waals surface area (Å²) in [7, 11) is 0. The molecule has 0 bridgehead atoms. The molecule has 0 spiro atoms. The molecule has 0 radical (unpaired) electrons. The van der Waals surface area contributed by atoms with Crippen molar-refractivity contribution < 1.29 is 9.53 Å². The lowest BCUT2D eigenvalue weighted by molar-refractivity contribution is -0.142. The second kappa shape index (κ2) is 9.21. The van der Waals surface area contributed by atoms with E-state index < -0.39 is 0 Å². The third-order valence-corrected chi connectivity index (χ3v) is 1.66. The molecule has 0 atom stereocenters. The van der Waals surface area contributed by atoms with Crippen molar-refractivity contribution in [3.63, 3.8) is 0 Å². The van der Waals surface area contributed by atoms with Gasteiger partial charge < -0.3 is 16.2 Å². The molecule has 0 rings (SSSR count). The SMILES string of the molecule is C=C(/C=C\C=C/C)CC(=O)OCCN=C(N)N. The first-order valence-electron chi connectivity index (χ1n) is 5.24. The summed E-state index contributed by atoms with van der Waals surface area (Å²) in [6.45, 7) is 6.08. The molecular formula is C12H19N3O2. The number of rotatable bonds is 7. The van der Waals surface area contributed by atoms with Gasteiger partial charge in [-0.2, -0.15) is 0 Å². The van der Waals surface area contributed by atoms with E-state index in [4.69, 9.17) is 16.2 Å². The zero-order valence-electron chi connectivity index (χ0n) is 10.1. The molecule has 0 saturated heterocycles. The van der Waals surface area contributed by atoms with Crippen molar-refractivity contribution in [1.29, 1.82) is 0 Å². The maximum absolute atomic E-state index is 11.3. The number of allylic oxidation sites excluding steroid dienone is 4. The number of aliphatic imine (C=N–C) groups is 1. The number of nitrogens with zero attached hydrogens (tertiary/aromatic N) is 1. The molecule has 94 valence electrons. The first kappa shape index (κ1) is 15.0. The molecule has 0 aliphatic carbocycles. The van der Waals surface area contributed by atoms with Gasteiger partial charge in [0.2, 0.25) is 0 Å². The van der Waals surface area contributed by atoms with Crippen LogP contribution in [0.4, 0.5) is 0 Å². The number of guanidine groups is 1. The highest BCUT2D eigenvalue weighted by molar-refractivity contribution is 5.75. The van der Waals surface area contributed by atoms with Crippen LogP contribution < -0.4 is 11.5 Å². The van der Waals surface area contributed by atoms with Crippen LogP contribution in [-0.4, -0.2) is 25.1 Å². The van der Waals surface area contributed by atoms with Gasteiger partial charge in [0.1, 0.15) is 6.61 Å². The predicted molar refractivity (Wildman–Crippen MR) is 69.3 cm³/mol. The maximum atomic E-state index is 11.3. The predicted octanol–water partition coefficient (Wildman–Crippen LogP) is 0.882. The fourth-order valence-corrected chi connectivity index (χ4v) is 0.932. The van der Waals surface area contributed by atoms with Crippen molar-refractivity contribution in [2.75, 3.05) is 13.2 Å². The maximum Gasteiger partial charge on any atom is 0.310 e. The molecule has 5 nitrogen and oxygen atoms in total. The first-order chi connectivity index (χ1) is 8.06. The lowest BCUT2D eigenvalue weighted by Gasteiger charge is -2.02. The average Bonchev–Trinajstić information content (AvgIpc) is 2.24. The summed E-state index contributed by atoms with van der Waals surface area (Å²) in [4.78, 5) is 15.0. The zero-order valence-corrected chi connectivity index (χ0v) is 10.1. The molecule has 0 aliphatic rings. The molecule has 0 aromatic rings. The molecule has 0 amide bonds. The van der Waals surface area contributed by atoms with Gasteiger partial charge in [0, 0.05) is 0 Å². The van der Waals surface area contributed by atoms with Crippen molar-refractivity contribution in [3.8, 4) is 0 Å². The summed E-state index contributed by atoms with van der Waals surface area (Å²) in [6, 6.07) is 0. The largest absolute Gasteiger partial charge is 0.463 e. The lowest BCUT2D eigenvalue weighted by Crippen LogP contribution is -2.23. The van der Waals surface area contributed by atoms with E-state index >= 15 is 0 Å². The smallest absolute Gasteiger partial charge is 0.310 e. The van der Waals surface area contributed by atoms with Crippen LogP contribution in [0.25, 0.3) is 0 Å². The third-order valence-electron chi connectivity index (χ3n) is 1.66. The first-order valence-corrected chi connectivity index (χ1v) is 5.24. The van der Waals surface area contributed by atoms with Gasteiger partial charge in [-0.15, -0.1) is 0 Å². The molecule has 0 heterocycles. The Bertz CT molecular complexity index is 340. The quantitative estimate of drug-likeness (QED) is 0.226. The topological polar surface area (TPSA) is 90.7 Å². The van der Waals surface area contributed by atoms with E-state index in [0.717, 1.165) is 0 Å². The highest BCUT2D eigenvalue weighted by Gasteiger charge is 2.02. The molecule has 0 fully saturated rings. The van der Waals surface area contributed by atoms with Gasteiger partial charge in [-0.1, -0.05) is 30.9 Å². The number of hydrogen-bond acceptors (Lipinski definition) is 3. The van der Waals surface area contributed by atoms with E-state index in [0.29, 0.717) is 5.57 Å². The van der Waals surface area contributed by atoms with Gasteiger partial charge in [0.25, 0.3) is 0 Å². The third kappa shape index (κ3) is 10.2. The molecule has 0 aromatic carbocycles. The van der Waals surface area contributed by atoms with Crippen LogP contribution in [0, 0.1) is 0 Å². The molecule has 4 N–H and O–H groups in total. The number of carbonyl (C=O) groups is 1. The normalized spacial score (nSPS) is 10.6. The van der Waals surface area contributed by atoms with Crippen LogP contribution in [0.1, 0.15) is 13.3 Å². The second-order valence-corrected chi connectivity index (χ2v) is 3.25. The van der Waals surface area contributed by atoms with E-state index in [2.05, 4.69) is 11.6 Å². The molecule has 0 aromatic heterocycles. The van der Waals surface area contributed by atoms with E-state index in [1.54, 1.807) is 6.08 Å². The molecule has 0 saturated carbocycles. The van der Waals surface area contributed by atoms with Crippen molar-refractivity contribution in [2.24, 2.45) is 16.5 Å². The molecule has 5 heteroatoms. The number of hydrogen-bond donors (Lipinski definition) is 2. The Morgan fingerprint density at radius 1 is 1.41 bits per heavy atom. The van der Waals surface area contributed by atoms with Crippen molar-refractivity contribution in [2.45, 2.75) is 13.3 Å². The van der Waals surface area contributed by atoms with Crippen LogP contribution in [0.15, 0.2) is 41.4 Å². The van der Waals surface area contributed by atoms with Gasteiger partial charge >= 0.3 is 5.97 Å². The summed E-state index contributed by atoms with van der Waals surface area (Å²) in [5.41, 5.74) is 10.9. The molecular weight excluding hydrogens is 218 g/mol.